The summed E-state index contributed by atoms with van der Waals surface area (Å²) in [5.74, 6) is 0.389. The fourth-order valence-corrected chi connectivity index (χ4v) is 4.05. The average Bonchev–Trinajstić information content (AvgIpc) is 2.82. The van der Waals surface area contributed by atoms with E-state index in [1.807, 2.05) is 12.1 Å². The number of nitriles is 2. The van der Waals surface area contributed by atoms with Crippen LogP contribution < -0.4 is 10.3 Å². The number of methoxy groups -OCH3 is 1. The molecule has 0 radical (unpaired) electrons. The molecule has 0 atom stereocenters. The number of carbonyl (C=O) groups excluding carboxylic acids is 1. The van der Waals surface area contributed by atoms with Gasteiger partial charge in [0.15, 0.2) is 5.16 Å². The molecule has 0 spiro atoms. The Kier molecular flexibility index (Phi) is 7.85. The minimum Gasteiger partial charge on any atom is -0.497 e. The molecule has 2 aromatic carbocycles. The number of hydrogen-bond acceptors (Lipinski definition) is 7. The highest BCUT2D eigenvalue weighted by atomic mass is 32.2. The van der Waals surface area contributed by atoms with Crippen LogP contribution in [-0.2, 0) is 4.79 Å². The molecule has 9 heteroatoms. The van der Waals surface area contributed by atoms with Gasteiger partial charge < -0.3 is 9.64 Å². The normalized spacial score (nSPS) is 10.3. The number of hydrogen-bond donors (Lipinski definition) is 0. The Labute approximate surface area is 189 Å². The van der Waals surface area contributed by atoms with E-state index in [1.54, 1.807) is 55.6 Å². The van der Waals surface area contributed by atoms with Crippen molar-refractivity contribution in [3.63, 3.8) is 0 Å². The molecule has 0 saturated heterocycles. The maximum atomic E-state index is 13.3. The van der Waals surface area contributed by atoms with Gasteiger partial charge in [0.25, 0.3) is 5.56 Å². The van der Waals surface area contributed by atoms with E-state index < -0.39 is 0 Å². The van der Waals surface area contributed by atoms with Crippen molar-refractivity contribution in [3.8, 4) is 23.6 Å². The molecule has 162 valence electrons. The van der Waals surface area contributed by atoms with E-state index in [9.17, 15) is 9.59 Å². The number of para-hydroxylation sites is 1. The summed E-state index contributed by atoms with van der Waals surface area (Å²) in [7, 11) is 1.55. The van der Waals surface area contributed by atoms with Gasteiger partial charge in [-0.3, -0.25) is 14.2 Å². The van der Waals surface area contributed by atoms with Crippen LogP contribution in [0.5, 0.6) is 5.75 Å². The zero-order chi connectivity index (χ0) is 22.9. The Morgan fingerprint density at radius 2 is 1.84 bits per heavy atom. The monoisotopic (exact) mass is 447 g/mol. The number of aromatic nitrogens is 2. The number of nitrogens with zero attached hydrogens (tertiary/aromatic N) is 5. The zero-order valence-electron chi connectivity index (χ0n) is 17.5. The second kappa shape index (κ2) is 11.0. The zero-order valence-corrected chi connectivity index (χ0v) is 18.3. The molecule has 1 amide bonds. The molecule has 32 heavy (non-hydrogen) atoms. The molecule has 1 aromatic heterocycles. The predicted molar refractivity (Wildman–Crippen MR) is 122 cm³/mol. The van der Waals surface area contributed by atoms with Crippen LogP contribution in [0.2, 0.25) is 0 Å². The van der Waals surface area contributed by atoms with E-state index in [4.69, 9.17) is 15.3 Å². The SMILES string of the molecule is COc1cccc(-n2c(SCC(=O)N(CCC#N)CCC#N)nc3ccccc3c2=O)c1. The van der Waals surface area contributed by atoms with Gasteiger partial charge in [0, 0.05) is 19.2 Å². The van der Waals surface area contributed by atoms with Crippen LogP contribution in [0.25, 0.3) is 16.6 Å². The highest BCUT2D eigenvalue weighted by Crippen LogP contribution is 2.24. The van der Waals surface area contributed by atoms with Gasteiger partial charge in [-0.15, -0.1) is 0 Å². The quantitative estimate of drug-likeness (QED) is 0.366. The van der Waals surface area contributed by atoms with E-state index in [0.717, 1.165) is 11.8 Å². The molecule has 0 aliphatic carbocycles. The van der Waals surface area contributed by atoms with Crippen molar-refractivity contribution in [1.29, 1.82) is 10.5 Å². The van der Waals surface area contributed by atoms with Crippen molar-refractivity contribution >= 4 is 28.6 Å². The summed E-state index contributed by atoms with van der Waals surface area (Å²) in [6.45, 7) is 0.511. The predicted octanol–water partition coefficient (Wildman–Crippen LogP) is 3.14. The van der Waals surface area contributed by atoms with E-state index in [0.29, 0.717) is 27.5 Å². The van der Waals surface area contributed by atoms with Gasteiger partial charge >= 0.3 is 0 Å². The fourth-order valence-electron chi connectivity index (χ4n) is 3.14. The van der Waals surface area contributed by atoms with Crippen LogP contribution in [0.4, 0.5) is 0 Å². The molecule has 8 nitrogen and oxygen atoms in total. The highest BCUT2D eigenvalue weighted by Gasteiger charge is 2.18. The van der Waals surface area contributed by atoms with Crippen molar-refractivity contribution in [2.75, 3.05) is 26.0 Å². The van der Waals surface area contributed by atoms with E-state index in [1.165, 1.54) is 9.47 Å². The molecule has 0 saturated carbocycles. The van der Waals surface area contributed by atoms with Crippen molar-refractivity contribution in [3.05, 3.63) is 58.9 Å². The third kappa shape index (κ3) is 5.26. The molecule has 1 heterocycles. The molecule has 0 aliphatic heterocycles. The first-order valence-electron chi connectivity index (χ1n) is 9.89. The number of amides is 1. The largest absolute Gasteiger partial charge is 0.497 e. The molecule has 3 rings (SSSR count). The summed E-state index contributed by atoms with van der Waals surface area (Å²) >= 11 is 1.14. The van der Waals surface area contributed by atoms with Gasteiger partial charge in [0.2, 0.25) is 5.91 Å². The van der Waals surface area contributed by atoms with Crippen LogP contribution >= 0.6 is 11.8 Å². The molecular weight excluding hydrogens is 426 g/mol. The van der Waals surface area contributed by atoms with Crippen LogP contribution in [0.15, 0.2) is 58.5 Å². The van der Waals surface area contributed by atoms with Gasteiger partial charge in [-0.05, 0) is 24.3 Å². The third-order valence-corrected chi connectivity index (χ3v) is 5.64. The summed E-state index contributed by atoms with van der Waals surface area (Å²) in [4.78, 5) is 32.2. The van der Waals surface area contributed by atoms with Crippen molar-refractivity contribution in [2.24, 2.45) is 0 Å². The minimum absolute atomic E-state index is 0.0195. The van der Waals surface area contributed by atoms with Gasteiger partial charge in [0.1, 0.15) is 5.75 Å². The van der Waals surface area contributed by atoms with Crippen LogP contribution in [-0.4, -0.2) is 46.3 Å². The summed E-state index contributed by atoms with van der Waals surface area (Å²) < 4.78 is 6.76. The van der Waals surface area contributed by atoms with Crippen LogP contribution in [0.3, 0.4) is 0 Å². The minimum atomic E-state index is -0.246. The summed E-state index contributed by atoms with van der Waals surface area (Å²) in [5.41, 5.74) is 0.871. The lowest BCUT2D eigenvalue weighted by atomic mass is 10.2. The number of benzene rings is 2. The van der Waals surface area contributed by atoms with Gasteiger partial charge in [0.05, 0.1) is 54.4 Å². The Morgan fingerprint density at radius 1 is 1.12 bits per heavy atom. The first kappa shape index (κ1) is 22.9. The first-order chi connectivity index (χ1) is 15.6. The lowest BCUT2D eigenvalue weighted by Gasteiger charge is -2.20. The summed E-state index contributed by atoms with van der Waals surface area (Å²) in [5, 5.41) is 18.5. The standard InChI is InChI=1S/C23H21N5O3S/c1-31-18-8-4-7-17(15-18)28-22(30)19-9-2-3-10-20(19)26-23(28)32-16-21(29)27(13-5-11-24)14-6-12-25/h2-4,7-10,15H,5-6,13-14,16H2,1H3. The average molecular weight is 448 g/mol. The van der Waals surface area contributed by atoms with E-state index in [2.05, 4.69) is 4.98 Å². The molecule has 0 fully saturated rings. The molecular formula is C23H21N5O3S. The Bertz CT molecular complexity index is 1240. The summed E-state index contributed by atoms with van der Waals surface area (Å²) in [6, 6.07) is 18.2. The van der Waals surface area contributed by atoms with E-state index >= 15 is 0 Å². The second-order valence-electron chi connectivity index (χ2n) is 6.74. The lowest BCUT2D eigenvalue weighted by molar-refractivity contribution is -0.128. The molecule has 3 aromatic rings. The fraction of sp³-hybridized carbons (Fsp3) is 0.261. The van der Waals surface area contributed by atoms with Crippen molar-refractivity contribution in [1.82, 2.24) is 14.5 Å². The Hall–Kier alpha value is -3.82. The number of rotatable bonds is 9. The molecule has 0 bridgehead atoms. The summed E-state index contributed by atoms with van der Waals surface area (Å²) in [6.07, 6.45) is 0.370. The molecule has 0 aliphatic rings. The third-order valence-electron chi connectivity index (χ3n) is 4.72. The number of ether oxygens (including phenoxy) is 1. The molecule has 0 N–H and O–H groups in total. The first-order valence-corrected chi connectivity index (χ1v) is 10.9. The number of fused-ring (bicyclic) bond motifs is 1. The van der Waals surface area contributed by atoms with Crippen molar-refractivity contribution in [2.45, 2.75) is 18.0 Å². The van der Waals surface area contributed by atoms with Gasteiger partial charge in [-0.2, -0.15) is 10.5 Å². The second-order valence-corrected chi connectivity index (χ2v) is 7.68. The molecule has 0 unspecified atom stereocenters. The maximum Gasteiger partial charge on any atom is 0.266 e. The smallest absolute Gasteiger partial charge is 0.266 e. The lowest BCUT2D eigenvalue weighted by Crippen LogP contribution is -2.34. The van der Waals surface area contributed by atoms with Crippen LogP contribution in [0, 0.1) is 22.7 Å². The highest BCUT2D eigenvalue weighted by molar-refractivity contribution is 7.99. The number of thioether (sulfide) groups is 1. The Balaban J connectivity index is 1.98. The van der Waals surface area contributed by atoms with Gasteiger partial charge in [-0.1, -0.05) is 30.0 Å². The Morgan fingerprint density at radius 3 is 2.53 bits per heavy atom. The van der Waals surface area contributed by atoms with E-state index in [-0.39, 0.29) is 43.2 Å². The van der Waals surface area contributed by atoms with Crippen molar-refractivity contribution < 1.29 is 9.53 Å². The maximum absolute atomic E-state index is 13.3. The number of carbonyl (C=O) groups is 1. The van der Waals surface area contributed by atoms with Crippen LogP contribution in [0.1, 0.15) is 12.8 Å². The van der Waals surface area contributed by atoms with Gasteiger partial charge in [-0.25, -0.2) is 4.98 Å². The topological polar surface area (TPSA) is 112 Å².